The average Bonchev–Trinajstić information content (AvgIpc) is 2.91. The Hall–Kier alpha value is -2.33. The molecule has 2 aliphatic rings. The molecular weight excluding hydrogens is 358 g/mol. The lowest BCUT2D eigenvalue weighted by molar-refractivity contribution is -0.131. The summed E-state index contributed by atoms with van der Waals surface area (Å²) in [5, 5.41) is 3.88. The van der Waals surface area contributed by atoms with Crippen LogP contribution < -0.4 is 10.2 Å². The zero-order valence-corrected chi connectivity index (χ0v) is 17.5. The van der Waals surface area contributed by atoms with Gasteiger partial charge in [-0.2, -0.15) is 0 Å². The second-order valence-corrected chi connectivity index (χ2v) is 8.59. The normalized spacial score (nSPS) is 21.3. The Morgan fingerprint density at radius 1 is 0.897 bits per heavy atom. The molecule has 2 fully saturated rings. The molecule has 2 heterocycles. The number of piperidine rings is 1. The van der Waals surface area contributed by atoms with Crippen molar-refractivity contribution < 1.29 is 4.79 Å². The van der Waals surface area contributed by atoms with E-state index in [1.165, 1.54) is 29.7 Å². The predicted molar refractivity (Wildman–Crippen MR) is 119 cm³/mol. The minimum atomic E-state index is 0.299. The fourth-order valence-corrected chi connectivity index (χ4v) is 4.64. The molecule has 0 aliphatic carbocycles. The zero-order chi connectivity index (χ0) is 20.1. The smallest absolute Gasteiger partial charge is 0.222 e. The maximum atomic E-state index is 12.6. The summed E-state index contributed by atoms with van der Waals surface area (Å²) >= 11 is 0. The Balaban J connectivity index is 1.26. The average molecular weight is 392 g/mol. The Morgan fingerprint density at radius 2 is 1.62 bits per heavy atom. The Labute approximate surface area is 174 Å². The highest BCUT2D eigenvalue weighted by atomic mass is 16.2. The first-order chi connectivity index (χ1) is 14.2. The minimum absolute atomic E-state index is 0.299. The highest BCUT2D eigenvalue weighted by molar-refractivity contribution is 5.76. The minimum Gasteiger partial charge on any atom is -0.371 e. The summed E-state index contributed by atoms with van der Waals surface area (Å²) in [6.07, 6.45) is 5.02. The van der Waals surface area contributed by atoms with Crippen LogP contribution in [0.15, 0.2) is 54.6 Å². The molecular formula is C25H33N3O. The number of hydrogen-bond donors (Lipinski definition) is 1. The number of likely N-dealkylation sites (tertiary alicyclic amines) is 1. The van der Waals surface area contributed by atoms with Gasteiger partial charge in [0.25, 0.3) is 0 Å². The number of amides is 1. The van der Waals surface area contributed by atoms with Gasteiger partial charge in [0, 0.05) is 50.4 Å². The van der Waals surface area contributed by atoms with Gasteiger partial charge in [-0.25, -0.2) is 0 Å². The third-order valence-corrected chi connectivity index (χ3v) is 6.36. The fraction of sp³-hybridized carbons (Fsp3) is 0.480. The summed E-state index contributed by atoms with van der Waals surface area (Å²) in [6, 6.07) is 20.2. The van der Waals surface area contributed by atoms with Gasteiger partial charge in [-0.1, -0.05) is 42.5 Å². The lowest BCUT2D eigenvalue weighted by Gasteiger charge is -2.36. The molecule has 1 N–H and O–H groups in total. The maximum absolute atomic E-state index is 12.6. The largest absolute Gasteiger partial charge is 0.371 e. The topological polar surface area (TPSA) is 35.6 Å². The van der Waals surface area contributed by atoms with E-state index in [1.54, 1.807) is 0 Å². The third kappa shape index (κ3) is 5.39. The van der Waals surface area contributed by atoms with Crippen LogP contribution in [0.25, 0.3) is 0 Å². The molecule has 4 heteroatoms. The number of hydrogen-bond acceptors (Lipinski definition) is 3. The van der Waals surface area contributed by atoms with Crippen LogP contribution in [-0.4, -0.2) is 42.5 Å². The van der Waals surface area contributed by atoms with Gasteiger partial charge in [0.15, 0.2) is 0 Å². The van der Waals surface area contributed by atoms with Crippen molar-refractivity contribution in [2.24, 2.45) is 0 Å². The van der Waals surface area contributed by atoms with Crippen molar-refractivity contribution in [3.05, 3.63) is 65.7 Å². The van der Waals surface area contributed by atoms with E-state index in [0.29, 0.717) is 24.4 Å². The van der Waals surface area contributed by atoms with Gasteiger partial charge < -0.3 is 15.1 Å². The van der Waals surface area contributed by atoms with E-state index in [9.17, 15) is 4.79 Å². The lowest BCUT2D eigenvalue weighted by atomic mass is 10.0. The first-order valence-corrected chi connectivity index (χ1v) is 11.1. The fourth-order valence-electron chi connectivity index (χ4n) is 4.64. The van der Waals surface area contributed by atoms with Gasteiger partial charge in [0.2, 0.25) is 5.91 Å². The quantitative estimate of drug-likeness (QED) is 0.832. The van der Waals surface area contributed by atoms with Crippen molar-refractivity contribution in [3.8, 4) is 0 Å². The zero-order valence-electron chi connectivity index (χ0n) is 17.5. The summed E-state index contributed by atoms with van der Waals surface area (Å²) < 4.78 is 0. The number of rotatable bonds is 5. The molecule has 0 saturated carbocycles. The van der Waals surface area contributed by atoms with Crippen molar-refractivity contribution in [2.45, 2.75) is 57.7 Å². The molecule has 2 aromatic rings. The molecule has 2 aromatic carbocycles. The number of nitrogens with zero attached hydrogens (tertiary/aromatic N) is 2. The molecule has 0 radical (unpaired) electrons. The molecule has 1 unspecified atom stereocenters. The molecule has 0 aromatic heterocycles. The first kappa shape index (κ1) is 20.0. The summed E-state index contributed by atoms with van der Waals surface area (Å²) in [4.78, 5) is 17.1. The van der Waals surface area contributed by atoms with Crippen LogP contribution in [0.1, 0.15) is 43.2 Å². The highest BCUT2D eigenvalue weighted by Crippen LogP contribution is 2.22. The van der Waals surface area contributed by atoms with Gasteiger partial charge in [-0.05, 0) is 55.9 Å². The predicted octanol–water partition coefficient (Wildman–Crippen LogP) is 4.13. The SMILES string of the molecule is Cc1cccc(N2CCC(NC3CCC(=O)N(Cc4ccccc4)CC3)CC2)c1. The number of aryl methyl sites for hydroxylation is 1. The summed E-state index contributed by atoms with van der Waals surface area (Å²) in [5.41, 5.74) is 3.89. The van der Waals surface area contributed by atoms with Crippen molar-refractivity contribution in [1.29, 1.82) is 0 Å². The maximum Gasteiger partial charge on any atom is 0.222 e. The number of carbonyl (C=O) groups is 1. The van der Waals surface area contributed by atoms with E-state index in [2.05, 4.69) is 53.5 Å². The highest BCUT2D eigenvalue weighted by Gasteiger charge is 2.26. The molecule has 2 saturated heterocycles. The third-order valence-electron chi connectivity index (χ3n) is 6.36. The van der Waals surface area contributed by atoms with Crippen LogP contribution in [0.5, 0.6) is 0 Å². The number of nitrogens with one attached hydrogen (secondary N) is 1. The molecule has 4 rings (SSSR count). The molecule has 0 spiro atoms. The van der Waals surface area contributed by atoms with Crippen LogP contribution in [0.3, 0.4) is 0 Å². The van der Waals surface area contributed by atoms with Gasteiger partial charge in [0.05, 0.1) is 0 Å². The van der Waals surface area contributed by atoms with E-state index in [0.717, 1.165) is 39.0 Å². The van der Waals surface area contributed by atoms with Crippen LogP contribution >= 0.6 is 0 Å². The molecule has 1 atom stereocenters. The van der Waals surface area contributed by atoms with E-state index < -0.39 is 0 Å². The van der Waals surface area contributed by atoms with Crippen molar-refractivity contribution in [1.82, 2.24) is 10.2 Å². The van der Waals surface area contributed by atoms with Crippen molar-refractivity contribution in [2.75, 3.05) is 24.5 Å². The molecule has 2 aliphatic heterocycles. The van der Waals surface area contributed by atoms with Crippen LogP contribution in [0.2, 0.25) is 0 Å². The van der Waals surface area contributed by atoms with Gasteiger partial charge in [0.1, 0.15) is 0 Å². The molecule has 0 bridgehead atoms. The Bertz CT molecular complexity index is 799. The summed E-state index contributed by atoms with van der Waals surface area (Å²) in [5.74, 6) is 0.299. The van der Waals surface area contributed by atoms with Crippen LogP contribution in [-0.2, 0) is 11.3 Å². The van der Waals surface area contributed by atoms with Crippen molar-refractivity contribution >= 4 is 11.6 Å². The summed E-state index contributed by atoms with van der Waals surface area (Å²) in [6.45, 7) is 5.96. The Morgan fingerprint density at radius 3 is 2.38 bits per heavy atom. The second kappa shape index (κ2) is 9.45. The summed E-state index contributed by atoms with van der Waals surface area (Å²) in [7, 11) is 0. The van der Waals surface area contributed by atoms with E-state index in [-0.39, 0.29) is 0 Å². The molecule has 4 nitrogen and oxygen atoms in total. The lowest BCUT2D eigenvalue weighted by Crippen LogP contribution is -2.46. The van der Waals surface area contributed by atoms with E-state index in [4.69, 9.17) is 0 Å². The van der Waals surface area contributed by atoms with Gasteiger partial charge in [-0.3, -0.25) is 4.79 Å². The Kier molecular flexibility index (Phi) is 6.50. The number of benzene rings is 2. The molecule has 154 valence electrons. The molecule has 29 heavy (non-hydrogen) atoms. The molecule has 1 amide bonds. The van der Waals surface area contributed by atoms with Crippen LogP contribution in [0.4, 0.5) is 5.69 Å². The first-order valence-electron chi connectivity index (χ1n) is 11.1. The van der Waals surface area contributed by atoms with Gasteiger partial charge in [-0.15, -0.1) is 0 Å². The standard InChI is InChI=1S/C25H33N3O/c1-20-6-5-9-24(18-20)27-15-12-23(13-16-27)26-22-10-11-25(29)28(17-14-22)19-21-7-3-2-4-8-21/h2-9,18,22-23,26H,10-17,19H2,1H3. The van der Waals surface area contributed by atoms with Gasteiger partial charge >= 0.3 is 0 Å². The monoisotopic (exact) mass is 391 g/mol. The second-order valence-electron chi connectivity index (χ2n) is 8.59. The number of anilines is 1. The van der Waals surface area contributed by atoms with E-state index in [1.807, 2.05) is 23.1 Å². The number of carbonyl (C=O) groups excluding carboxylic acids is 1. The van der Waals surface area contributed by atoms with Crippen molar-refractivity contribution in [3.63, 3.8) is 0 Å². The van der Waals surface area contributed by atoms with E-state index >= 15 is 0 Å². The van der Waals surface area contributed by atoms with Crippen LogP contribution in [0, 0.1) is 6.92 Å².